The lowest BCUT2D eigenvalue weighted by molar-refractivity contribution is -0.157. The molecule has 3 atom stereocenters. The smallest absolute Gasteiger partial charge is 0.308 e. The zero-order chi connectivity index (χ0) is 34.5. The maximum Gasteiger partial charge on any atom is 0.308 e. The minimum absolute atomic E-state index is 0.108. The second-order valence-corrected chi connectivity index (χ2v) is 13.1. The molecule has 0 radical (unpaired) electrons. The highest BCUT2D eigenvalue weighted by atomic mass is 19.1. The van der Waals surface area contributed by atoms with E-state index in [0.717, 1.165) is 11.3 Å². The van der Waals surface area contributed by atoms with Gasteiger partial charge in [-0.3, -0.25) is 14.7 Å². The quantitative estimate of drug-likeness (QED) is 0.124. The van der Waals surface area contributed by atoms with E-state index >= 15 is 0 Å². The molecule has 0 bridgehead atoms. The van der Waals surface area contributed by atoms with Crippen molar-refractivity contribution >= 4 is 18.0 Å². The Kier molecular flexibility index (Phi) is 11.2. The number of aromatic nitrogens is 3. The van der Waals surface area contributed by atoms with Gasteiger partial charge < -0.3 is 24.8 Å². The van der Waals surface area contributed by atoms with Crippen LogP contribution < -0.4 is 5.32 Å². The van der Waals surface area contributed by atoms with Crippen LogP contribution in [0.1, 0.15) is 94.0 Å². The average molecular weight is 645 g/mol. The third-order valence-corrected chi connectivity index (χ3v) is 7.50. The number of carbonyl (C=O) groups excluding carboxylic acids is 2. The summed E-state index contributed by atoms with van der Waals surface area (Å²) in [5.41, 5.74) is 4.65. The summed E-state index contributed by atoms with van der Waals surface area (Å²) in [5.74, 6) is -1.29. The zero-order valence-electron chi connectivity index (χ0n) is 28.0. The largest absolute Gasteiger partial charge is 0.460 e. The maximum absolute atomic E-state index is 14.3. The van der Waals surface area contributed by atoms with Gasteiger partial charge in [0.05, 0.1) is 30.4 Å². The number of rotatable bonds is 12. The van der Waals surface area contributed by atoms with Crippen molar-refractivity contribution in [3.8, 4) is 22.3 Å². The number of hydrogen-bond donors (Lipinski definition) is 4. The number of ether oxygens (including phenoxy) is 1. The molecule has 0 aliphatic heterocycles. The van der Waals surface area contributed by atoms with Gasteiger partial charge in [-0.25, -0.2) is 4.39 Å². The highest BCUT2D eigenvalue weighted by molar-refractivity contribution is 6.06. The molecule has 4 aromatic rings. The number of aryl methyl sites for hydroxylation is 1. The first-order valence-electron chi connectivity index (χ1n) is 15.8. The molecule has 10 heteroatoms. The van der Waals surface area contributed by atoms with E-state index in [-0.39, 0.29) is 24.8 Å². The molecule has 2 aromatic heterocycles. The molecule has 1 unspecified atom stereocenters. The molecule has 250 valence electrons. The summed E-state index contributed by atoms with van der Waals surface area (Å²) >= 11 is 0. The zero-order valence-corrected chi connectivity index (χ0v) is 28.0. The molecule has 0 saturated carbocycles. The Hall–Kier alpha value is -4.54. The predicted octanol–water partition coefficient (Wildman–Crippen LogP) is 6.92. The Morgan fingerprint density at radius 3 is 2.23 bits per heavy atom. The van der Waals surface area contributed by atoms with E-state index in [1.807, 2.05) is 68.7 Å². The van der Waals surface area contributed by atoms with Crippen LogP contribution in [0.25, 0.3) is 28.3 Å². The third kappa shape index (κ3) is 9.05. The molecular weight excluding hydrogens is 599 g/mol. The van der Waals surface area contributed by atoms with Crippen molar-refractivity contribution < 1.29 is 28.9 Å². The highest BCUT2D eigenvalue weighted by Crippen LogP contribution is 2.42. The lowest BCUT2D eigenvalue weighted by Crippen LogP contribution is -2.30. The number of halogens is 1. The van der Waals surface area contributed by atoms with Crippen LogP contribution in [0.3, 0.4) is 0 Å². The van der Waals surface area contributed by atoms with Gasteiger partial charge in [-0.15, -0.1) is 0 Å². The number of esters is 1. The first-order chi connectivity index (χ1) is 22.1. The minimum Gasteiger partial charge on any atom is -0.460 e. The first kappa shape index (κ1) is 35.3. The van der Waals surface area contributed by atoms with E-state index in [9.17, 15) is 24.2 Å². The second kappa shape index (κ2) is 14.9. The number of aliphatic hydroxyl groups is 2. The van der Waals surface area contributed by atoms with Crippen molar-refractivity contribution in [1.29, 1.82) is 0 Å². The first-order valence-corrected chi connectivity index (χ1v) is 15.8. The molecule has 2 heterocycles. The van der Waals surface area contributed by atoms with E-state index in [0.29, 0.717) is 33.8 Å². The van der Waals surface area contributed by atoms with Crippen molar-refractivity contribution in [2.75, 3.05) is 0 Å². The molecule has 0 aliphatic rings. The third-order valence-electron chi connectivity index (χ3n) is 7.50. The van der Waals surface area contributed by atoms with Crippen LogP contribution in [-0.2, 0) is 9.53 Å². The molecule has 4 N–H and O–H groups in total. The fourth-order valence-electron chi connectivity index (χ4n) is 5.54. The van der Waals surface area contributed by atoms with Crippen molar-refractivity contribution in [3.63, 3.8) is 0 Å². The van der Waals surface area contributed by atoms with Crippen molar-refractivity contribution in [1.82, 2.24) is 20.1 Å². The molecular formula is C37H45FN4O5. The Bertz CT molecular complexity index is 1700. The summed E-state index contributed by atoms with van der Waals surface area (Å²) in [6.45, 7) is 12.9. The van der Waals surface area contributed by atoms with Crippen molar-refractivity contribution in [2.24, 2.45) is 0 Å². The second-order valence-electron chi connectivity index (χ2n) is 13.1. The molecule has 1 amide bonds. The van der Waals surface area contributed by atoms with Gasteiger partial charge in [-0.1, -0.05) is 48.5 Å². The van der Waals surface area contributed by atoms with E-state index < -0.39 is 35.6 Å². The van der Waals surface area contributed by atoms with Crippen LogP contribution in [0.2, 0.25) is 0 Å². The van der Waals surface area contributed by atoms with Crippen LogP contribution in [0.15, 0.2) is 66.7 Å². The summed E-state index contributed by atoms with van der Waals surface area (Å²) in [6.07, 6.45) is 0.624. The molecule has 0 fully saturated rings. The SMILES string of the molecule is Cc1cc(C(C)NC(=O)c2c(-c3ccccc3)c(-c3ccc(F)cc3)c(C=C[C@@H](O)C[C@@H](O)CC(=O)OC(C)(C)C)n2C(C)C)n[nH]1. The van der Waals surface area contributed by atoms with Gasteiger partial charge >= 0.3 is 5.97 Å². The standard InChI is InChI=1S/C37H45FN4O5/c1-22(2)42-31(18-17-28(43)20-29(44)21-32(45)47-37(5,6)7)33(26-13-15-27(38)16-14-26)34(25-11-9-8-10-12-25)35(42)36(46)39-24(4)30-19-23(3)40-41-30/h8-19,22,24,28-29,43-44H,20-21H2,1-7H3,(H,39,46)(H,40,41)/t24?,28-,29-/m1/s1. The fourth-order valence-corrected chi connectivity index (χ4v) is 5.54. The van der Waals surface area contributed by atoms with Crippen LogP contribution in [0.4, 0.5) is 4.39 Å². The number of aliphatic hydroxyl groups excluding tert-OH is 2. The average Bonchev–Trinajstić information content (AvgIpc) is 3.57. The number of nitrogens with one attached hydrogen (secondary N) is 2. The summed E-state index contributed by atoms with van der Waals surface area (Å²) in [4.78, 5) is 26.5. The van der Waals surface area contributed by atoms with Crippen molar-refractivity contribution in [2.45, 2.75) is 91.2 Å². The predicted molar refractivity (Wildman–Crippen MR) is 181 cm³/mol. The lowest BCUT2D eigenvalue weighted by atomic mass is 9.94. The van der Waals surface area contributed by atoms with Gasteiger partial charge in [-0.2, -0.15) is 5.10 Å². The number of amides is 1. The van der Waals surface area contributed by atoms with Gasteiger partial charge in [0.2, 0.25) is 0 Å². The Labute approximate surface area is 275 Å². The molecule has 4 rings (SSSR count). The molecule has 2 aromatic carbocycles. The molecule has 0 saturated heterocycles. The minimum atomic E-state index is -1.13. The number of H-pyrrole nitrogens is 1. The number of benzene rings is 2. The number of aromatic amines is 1. The Morgan fingerprint density at radius 2 is 1.66 bits per heavy atom. The monoisotopic (exact) mass is 644 g/mol. The van der Waals surface area contributed by atoms with E-state index in [4.69, 9.17) is 4.74 Å². The Balaban J connectivity index is 1.83. The maximum atomic E-state index is 14.3. The van der Waals surface area contributed by atoms with Crippen LogP contribution in [-0.4, -0.2) is 54.7 Å². The number of nitrogens with zero attached hydrogens (tertiary/aromatic N) is 2. The van der Waals surface area contributed by atoms with E-state index in [1.54, 1.807) is 39.0 Å². The molecule has 9 nitrogen and oxygen atoms in total. The Morgan fingerprint density at radius 1 is 1.02 bits per heavy atom. The summed E-state index contributed by atoms with van der Waals surface area (Å²) < 4.78 is 21.4. The van der Waals surface area contributed by atoms with Crippen molar-refractivity contribution in [3.05, 3.63) is 95.3 Å². The van der Waals surface area contributed by atoms with Crippen LogP contribution >= 0.6 is 0 Å². The fraction of sp³-hybridized carbons (Fsp3) is 0.378. The molecule has 0 aliphatic carbocycles. The van der Waals surface area contributed by atoms with Gasteiger partial charge in [0, 0.05) is 35.0 Å². The van der Waals surface area contributed by atoms with Gasteiger partial charge in [0.25, 0.3) is 5.91 Å². The summed E-state index contributed by atoms with van der Waals surface area (Å²) in [5, 5.41) is 31.8. The lowest BCUT2D eigenvalue weighted by Gasteiger charge is -2.21. The van der Waals surface area contributed by atoms with E-state index in [1.165, 1.54) is 18.2 Å². The van der Waals surface area contributed by atoms with Crippen LogP contribution in [0.5, 0.6) is 0 Å². The normalized spacial score (nSPS) is 13.9. The molecule has 47 heavy (non-hydrogen) atoms. The van der Waals surface area contributed by atoms with Gasteiger partial charge in [-0.05, 0) is 83.9 Å². The number of carbonyl (C=O) groups is 2. The summed E-state index contributed by atoms with van der Waals surface area (Å²) in [6, 6.07) is 16.8. The highest BCUT2D eigenvalue weighted by Gasteiger charge is 2.30. The van der Waals surface area contributed by atoms with Gasteiger partial charge in [0.15, 0.2) is 0 Å². The van der Waals surface area contributed by atoms with Gasteiger partial charge in [0.1, 0.15) is 17.1 Å². The summed E-state index contributed by atoms with van der Waals surface area (Å²) in [7, 11) is 0. The topological polar surface area (TPSA) is 129 Å². The van der Waals surface area contributed by atoms with Crippen LogP contribution in [0, 0.1) is 12.7 Å². The number of hydrogen-bond acceptors (Lipinski definition) is 6. The van der Waals surface area contributed by atoms with E-state index in [2.05, 4.69) is 15.5 Å². The molecule has 0 spiro atoms.